The number of thiocarbonyl (C=S) groups is 1. The molecule has 0 atom stereocenters. The van der Waals surface area contributed by atoms with E-state index in [9.17, 15) is 4.79 Å². The number of amides is 1. The van der Waals surface area contributed by atoms with E-state index in [0.29, 0.717) is 28.4 Å². The number of aromatic nitrogens is 1. The first-order valence-electron chi connectivity index (χ1n) is 9.44. The van der Waals surface area contributed by atoms with Gasteiger partial charge in [0.2, 0.25) is 5.89 Å². The zero-order valence-electron chi connectivity index (χ0n) is 16.5. The number of fused-ring (bicyclic) bond motifs is 1. The summed E-state index contributed by atoms with van der Waals surface area (Å²) in [6.07, 6.45) is 0. The lowest BCUT2D eigenvalue weighted by Gasteiger charge is -2.11. The molecule has 0 spiro atoms. The minimum atomic E-state index is -0.347. The van der Waals surface area contributed by atoms with Crippen molar-refractivity contribution in [1.29, 1.82) is 0 Å². The molecule has 0 radical (unpaired) electrons. The predicted molar refractivity (Wildman–Crippen MR) is 128 cm³/mol. The van der Waals surface area contributed by atoms with Crippen LogP contribution in [0.1, 0.15) is 5.56 Å². The van der Waals surface area contributed by atoms with E-state index in [1.165, 1.54) is 0 Å². The Balaban J connectivity index is 1.38. The second-order valence-corrected chi connectivity index (χ2v) is 8.09. The number of anilines is 1. The molecule has 0 saturated carbocycles. The van der Waals surface area contributed by atoms with E-state index in [0.717, 1.165) is 15.6 Å². The maximum Gasteiger partial charge on any atom is 0.264 e. The Hall–Kier alpha value is -3.23. The van der Waals surface area contributed by atoms with Crippen LogP contribution in [-0.2, 0) is 4.79 Å². The SMILES string of the molecule is Cc1ccccc1OCC(=O)NC(=S)Nc1ccc2oc(-c3cccc(Br)c3)nc2c1. The molecule has 0 aliphatic rings. The van der Waals surface area contributed by atoms with Gasteiger partial charge in [-0.25, -0.2) is 4.98 Å². The summed E-state index contributed by atoms with van der Waals surface area (Å²) in [5, 5.41) is 5.77. The summed E-state index contributed by atoms with van der Waals surface area (Å²) in [6, 6.07) is 20.6. The van der Waals surface area contributed by atoms with Crippen LogP contribution in [0.5, 0.6) is 5.75 Å². The summed E-state index contributed by atoms with van der Waals surface area (Å²) < 4.78 is 12.3. The van der Waals surface area contributed by atoms with Crippen molar-refractivity contribution >= 4 is 56.0 Å². The van der Waals surface area contributed by atoms with Gasteiger partial charge in [0.15, 0.2) is 17.3 Å². The molecule has 0 unspecified atom stereocenters. The highest BCUT2D eigenvalue weighted by molar-refractivity contribution is 9.10. The van der Waals surface area contributed by atoms with E-state index in [4.69, 9.17) is 21.4 Å². The molecule has 0 bridgehead atoms. The van der Waals surface area contributed by atoms with Crippen molar-refractivity contribution in [2.45, 2.75) is 6.92 Å². The highest BCUT2D eigenvalue weighted by Crippen LogP contribution is 2.27. The maximum atomic E-state index is 12.1. The molecule has 0 fully saturated rings. The molecule has 1 heterocycles. The topological polar surface area (TPSA) is 76.4 Å². The van der Waals surface area contributed by atoms with E-state index in [1.807, 2.05) is 61.5 Å². The number of hydrogen-bond acceptors (Lipinski definition) is 5. The van der Waals surface area contributed by atoms with Crippen LogP contribution in [0.4, 0.5) is 5.69 Å². The monoisotopic (exact) mass is 495 g/mol. The summed E-state index contributed by atoms with van der Waals surface area (Å²) in [4.78, 5) is 16.7. The van der Waals surface area contributed by atoms with Crippen LogP contribution in [0.25, 0.3) is 22.6 Å². The van der Waals surface area contributed by atoms with E-state index in [2.05, 4.69) is 31.5 Å². The Kier molecular flexibility index (Phi) is 6.29. The Morgan fingerprint density at radius 2 is 1.97 bits per heavy atom. The molecule has 156 valence electrons. The van der Waals surface area contributed by atoms with Crippen LogP contribution in [0.15, 0.2) is 75.6 Å². The summed E-state index contributed by atoms with van der Waals surface area (Å²) >= 11 is 8.69. The van der Waals surface area contributed by atoms with Crippen molar-refractivity contribution in [3.63, 3.8) is 0 Å². The molecule has 4 rings (SSSR count). The van der Waals surface area contributed by atoms with Crippen LogP contribution < -0.4 is 15.4 Å². The summed E-state index contributed by atoms with van der Waals surface area (Å²) in [5.41, 5.74) is 3.85. The molecular formula is C23H18BrN3O3S. The van der Waals surface area contributed by atoms with Crippen molar-refractivity contribution in [3.05, 3.63) is 76.8 Å². The van der Waals surface area contributed by atoms with Gasteiger partial charge in [0.25, 0.3) is 5.91 Å². The third-order valence-corrected chi connectivity index (χ3v) is 5.12. The number of hydrogen-bond donors (Lipinski definition) is 2. The summed E-state index contributed by atoms with van der Waals surface area (Å²) in [5.74, 6) is 0.840. The van der Waals surface area contributed by atoms with Gasteiger partial charge in [-0.1, -0.05) is 40.2 Å². The molecule has 1 amide bonds. The van der Waals surface area contributed by atoms with Crippen molar-refractivity contribution < 1.29 is 13.9 Å². The number of para-hydroxylation sites is 1. The molecule has 1 aromatic heterocycles. The minimum Gasteiger partial charge on any atom is -0.483 e. The van der Waals surface area contributed by atoms with Gasteiger partial charge in [0.05, 0.1) is 0 Å². The number of halogens is 1. The Labute approximate surface area is 192 Å². The smallest absolute Gasteiger partial charge is 0.264 e. The van der Waals surface area contributed by atoms with Gasteiger partial charge >= 0.3 is 0 Å². The van der Waals surface area contributed by atoms with Gasteiger partial charge < -0.3 is 14.5 Å². The molecule has 0 aliphatic carbocycles. The van der Waals surface area contributed by atoms with E-state index < -0.39 is 0 Å². The first-order chi connectivity index (χ1) is 15.0. The van der Waals surface area contributed by atoms with E-state index in [1.54, 1.807) is 12.1 Å². The third-order valence-electron chi connectivity index (χ3n) is 4.42. The summed E-state index contributed by atoms with van der Waals surface area (Å²) in [7, 11) is 0. The highest BCUT2D eigenvalue weighted by atomic mass is 79.9. The van der Waals surface area contributed by atoms with Crippen molar-refractivity contribution in [3.8, 4) is 17.2 Å². The summed E-state index contributed by atoms with van der Waals surface area (Å²) in [6.45, 7) is 1.78. The molecule has 2 N–H and O–H groups in total. The van der Waals surface area contributed by atoms with E-state index in [-0.39, 0.29) is 17.6 Å². The largest absolute Gasteiger partial charge is 0.483 e. The second kappa shape index (κ2) is 9.28. The highest BCUT2D eigenvalue weighted by Gasteiger charge is 2.11. The van der Waals surface area contributed by atoms with Crippen molar-refractivity contribution in [2.75, 3.05) is 11.9 Å². The molecule has 6 nitrogen and oxygen atoms in total. The van der Waals surface area contributed by atoms with Crippen LogP contribution in [0.3, 0.4) is 0 Å². The van der Waals surface area contributed by atoms with Crippen molar-refractivity contribution in [1.82, 2.24) is 10.3 Å². The first kappa shape index (κ1) is 21.0. The van der Waals surface area contributed by atoms with Crippen LogP contribution >= 0.6 is 28.1 Å². The Morgan fingerprint density at radius 3 is 2.77 bits per heavy atom. The number of benzene rings is 3. The Morgan fingerprint density at radius 1 is 1.13 bits per heavy atom. The lowest BCUT2D eigenvalue weighted by molar-refractivity contribution is -0.121. The molecule has 3 aromatic carbocycles. The molecule has 8 heteroatoms. The van der Waals surface area contributed by atoms with Crippen LogP contribution in [0, 0.1) is 6.92 Å². The number of ether oxygens (including phenoxy) is 1. The van der Waals surface area contributed by atoms with Gasteiger partial charge in [0.1, 0.15) is 11.3 Å². The molecule has 0 aliphatic heterocycles. The van der Waals surface area contributed by atoms with Gasteiger partial charge in [-0.05, 0) is 67.2 Å². The second-order valence-electron chi connectivity index (χ2n) is 6.77. The van der Waals surface area contributed by atoms with Crippen LogP contribution in [0.2, 0.25) is 0 Å². The fourth-order valence-corrected chi connectivity index (χ4v) is 3.57. The average molecular weight is 496 g/mol. The lowest BCUT2D eigenvalue weighted by Crippen LogP contribution is -2.37. The third kappa shape index (κ3) is 5.28. The number of oxazole rings is 1. The molecule has 0 saturated heterocycles. The molecule has 31 heavy (non-hydrogen) atoms. The zero-order valence-corrected chi connectivity index (χ0v) is 18.9. The standard InChI is InChI=1S/C23H18BrN3O3S/c1-14-5-2-3-8-19(14)29-13-21(28)27-23(31)25-17-9-10-20-18(12-17)26-22(30-20)15-6-4-7-16(24)11-15/h2-12H,13H2,1H3,(H2,25,27,28,31). The van der Waals surface area contributed by atoms with Gasteiger partial charge in [-0.3, -0.25) is 10.1 Å². The zero-order chi connectivity index (χ0) is 21.8. The lowest BCUT2D eigenvalue weighted by atomic mass is 10.2. The quantitative estimate of drug-likeness (QED) is 0.358. The fourth-order valence-electron chi connectivity index (χ4n) is 2.94. The average Bonchev–Trinajstić information content (AvgIpc) is 3.16. The normalized spacial score (nSPS) is 10.6. The van der Waals surface area contributed by atoms with Crippen LogP contribution in [-0.4, -0.2) is 22.6 Å². The number of nitrogens with one attached hydrogen (secondary N) is 2. The van der Waals surface area contributed by atoms with E-state index >= 15 is 0 Å². The van der Waals surface area contributed by atoms with Gasteiger partial charge in [-0.15, -0.1) is 0 Å². The number of carbonyl (C=O) groups excluding carboxylic acids is 1. The van der Waals surface area contributed by atoms with Gasteiger partial charge in [-0.2, -0.15) is 0 Å². The Bertz CT molecular complexity index is 1270. The van der Waals surface area contributed by atoms with Gasteiger partial charge in [0, 0.05) is 15.7 Å². The molecular weight excluding hydrogens is 478 g/mol. The number of rotatable bonds is 5. The number of nitrogens with zero attached hydrogens (tertiary/aromatic N) is 1. The van der Waals surface area contributed by atoms with Crippen molar-refractivity contribution in [2.24, 2.45) is 0 Å². The minimum absolute atomic E-state index is 0.134. The number of aryl methyl sites for hydroxylation is 1. The first-order valence-corrected chi connectivity index (χ1v) is 10.6. The number of carbonyl (C=O) groups is 1. The predicted octanol–water partition coefficient (Wildman–Crippen LogP) is 5.46. The molecule has 4 aromatic rings. The maximum absolute atomic E-state index is 12.1. The fraction of sp³-hybridized carbons (Fsp3) is 0.0870.